The quantitative estimate of drug-likeness (QED) is 0.737. The average molecular weight is 275 g/mol. The lowest BCUT2D eigenvalue weighted by atomic mass is 10.2. The summed E-state index contributed by atoms with van der Waals surface area (Å²) in [5.74, 6) is -1.47. The molecule has 0 spiro atoms. The van der Waals surface area contributed by atoms with Crippen LogP contribution in [0.1, 0.15) is 11.4 Å². The summed E-state index contributed by atoms with van der Waals surface area (Å²) in [6, 6.07) is 5.49. The molecule has 3 rings (SSSR count). The van der Waals surface area contributed by atoms with E-state index < -0.39 is 11.6 Å². The van der Waals surface area contributed by atoms with Gasteiger partial charge in [-0.05, 0) is 25.1 Å². The second kappa shape index (κ2) is 4.88. The number of hydrogen-bond donors (Lipinski definition) is 0. The van der Waals surface area contributed by atoms with Gasteiger partial charge >= 0.3 is 0 Å². The zero-order valence-electron chi connectivity index (χ0n) is 10.7. The summed E-state index contributed by atoms with van der Waals surface area (Å²) in [4.78, 5) is 4.10. The SMILES string of the molecule is Cc1ccn(Cc2coc(-c3c(F)cccc3F)n2)n1. The fraction of sp³-hybridized carbons (Fsp3) is 0.143. The molecule has 0 N–H and O–H groups in total. The highest BCUT2D eigenvalue weighted by Gasteiger charge is 2.16. The van der Waals surface area contributed by atoms with Gasteiger partial charge in [0, 0.05) is 6.20 Å². The Kier molecular flexibility index (Phi) is 3.06. The van der Waals surface area contributed by atoms with Crippen LogP contribution in [0.5, 0.6) is 0 Å². The first-order valence-corrected chi connectivity index (χ1v) is 6.02. The standard InChI is InChI=1S/C14H11F2N3O/c1-9-5-6-19(18-9)7-10-8-20-14(17-10)13-11(15)3-2-4-12(13)16/h2-6,8H,7H2,1H3. The van der Waals surface area contributed by atoms with Gasteiger partial charge in [-0.1, -0.05) is 6.07 Å². The number of aryl methyl sites for hydroxylation is 1. The van der Waals surface area contributed by atoms with E-state index in [-0.39, 0.29) is 11.5 Å². The van der Waals surface area contributed by atoms with Crippen molar-refractivity contribution in [3.8, 4) is 11.5 Å². The van der Waals surface area contributed by atoms with Gasteiger partial charge < -0.3 is 4.42 Å². The van der Waals surface area contributed by atoms with Gasteiger partial charge in [-0.15, -0.1) is 0 Å². The molecule has 20 heavy (non-hydrogen) atoms. The summed E-state index contributed by atoms with van der Waals surface area (Å²) in [6.07, 6.45) is 3.17. The number of halogens is 2. The van der Waals surface area contributed by atoms with Crippen molar-refractivity contribution in [2.24, 2.45) is 0 Å². The monoisotopic (exact) mass is 275 g/mol. The Labute approximate surface area is 113 Å². The summed E-state index contributed by atoms with van der Waals surface area (Å²) >= 11 is 0. The second-order valence-electron chi connectivity index (χ2n) is 4.40. The fourth-order valence-corrected chi connectivity index (χ4v) is 1.91. The van der Waals surface area contributed by atoms with Crippen molar-refractivity contribution in [2.75, 3.05) is 0 Å². The summed E-state index contributed by atoms with van der Waals surface area (Å²) in [6.45, 7) is 2.26. The first-order valence-electron chi connectivity index (χ1n) is 6.02. The minimum Gasteiger partial charge on any atom is -0.444 e. The van der Waals surface area contributed by atoms with E-state index in [0.29, 0.717) is 12.2 Å². The highest BCUT2D eigenvalue weighted by molar-refractivity contribution is 5.55. The van der Waals surface area contributed by atoms with Crippen molar-refractivity contribution < 1.29 is 13.2 Å². The van der Waals surface area contributed by atoms with Crippen LogP contribution in [0.15, 0.2) is 41.1 Å². The number of rotatable bonds is 3. The molecule has 6 heteroatoms. The topological polar surface area (TPSA) is 43.9 Å². The minimum absolute atomic E-state index is 0.0699. The lowest BCUT2D eigenvalue weighted by Gasteiger charge is -1.99. The van der Waals surface area contributed by atoms with Gasteiger partial charge in [0.15, 0.2) is 0 Å². The summed E-state index contributed by atoms with van der Waals surface area (Å²) in [5, 5.41) is 4.21. The zero-order valence-corrected chi connectivity index (χ0v) is 10.7. The van der Waals surface area contributed by atoms with Crippen molar-refractivity contribution in [1.29, 1.82) is 0 Å². The normalized spacial score (nSPS) is 10.9. The lowest BCUT2D eigenvalue weighted by molar-refractivity contribution is 0.540. The molecule has 0 unspecified atom stereocenters. The van der Waals surface area contributed by atoms with E-state index in [1.54, 1.807) is 10.9 Å². The van der Waals surface area contributed by atoms with E-state index in [1.165, 1.54) is 24.5 Å². The second-order valence-corrected chi connectivity index (χ2v) is 4.40. The van der Waals surface area contributed by atoms with Crippen LogP contribution in [0.4, 0.5) is 8.78 Å². The summed E-state index contributed by atoms with van der Waals surface area (Å²) in [5.41, 5.74) is 1.18. The highest BCUT2D eigenvalue weighted by Crippen LogP contribution is 2.25. The van der Waals surface area contributed by atoms with Crippen molar-refractivity contribution in [2.45, 2.75) is 13.5 Å². The molecule has 0 aliphatic heterocycles. The van der Waals surface area contributed by atoms with E-state index in [4.69, 9.17) is 4.42 Å². The molecule has 2 aromatic heterocycles. The van der Waals surface area contributed by atoms with Crippen molar-refractivity contribution in [3.05, 3.63) is 59.7 Å². The van der Waals surface area contributed by atoms with Crippen molar-refractivity contribution in [3.63, 3.8) is 0 Å². The molecule has 0 aliphatic rings. The molecule has 0 saturated carbocycles. The zero-order chi connectivity index (χ0) is 14.1. The van der Waals surface area contributed by atoms with Crippen LogP contribution in [0.3, 0.4) is 0 Å². The van der Waals surface area contributed by atoms with E-state index in [1.807, 2.05) is 13.0 Å². The van der Waals surface area contributed by atoms with Crippen LogP contribution in [0.2, 0.25) is 0 Å². The smallest absolute Gasteiger partial charge is 0.232 e. The predicted octanol–water partition coefficient (Wildman–Crippen LogP) is 3.17. The average Bonchev–Trinajstić information content (AvgIpc) is 3.00. The Morgan fingerprint density at radius 3 is 2.60 bits per heavy atom. The van der Waals surface area contributed by atoms with Crippen LogP contribution < -0.4 is 0 Å². The van der Waals surface area contributed by atoms with Crippen LogP contribution in [0, 0.1) is 18.6 Å². The van der Waals surface area contributed by atoms with Gasteiger partial charge in [0.2, 0.25) is 5.89 Å². The number of oxazole rings is 1. The van der Waals surface area contributed by atoms with E-state index in [0.717, 1.165) is 5.69 Å². The fourth-order valence-electron chi connectivity index (χ4n) is 1.91. The van der Waals surface area contributed by atoms with Crippen LogP contribution in [0.25, 0.3) is 11.5 Å². The third-order valence-electron chi connectivity index (χ3n) is 2.83. The van der Waals surface area contributed by atoms with Crippen LogP contribution >= 0.6 is 0 Å². The minimum atomic E-state index is -0.701. The molecule has 0 bridgehead atoms. The molecule has 2 heterocycles. The molecule has 0 radical (unpaired) electrons. The molecule has 3 aromatic rings. The highest BCUT2D eigenvalue weighted by atomic mass is 19.1. The summed E-state index contributed by atoms with van der Waals surface area (Å²) in [7, 11) is 0. The van der Waals surface area contributed by atoms with Gasteiger partial charge in [0.25, 0.3) is 0 Å². The van der Waals surface area contributed by atoms with Gasteiger partial charge in [-0.2, -0.15) is 5.10 Å². The largest absolute Gasteiger partial charge is 0.444 e. The van der Waals surface area contributed by atoms with Gasteiger partial charge in [0.05, 0.1) is 12.2 Å². The van der Waals surface area contributed by atoms with Crippen molar-refractivity contribution in [1.82, 2.24) is 14.8 Å². The number of hydrogen-bond acceptors (Lipinski definition) is 3. The molecule has 0 fully saturated rings. The Morgan fingerprint density at radius 1 is 1.20 bits per heavy atom. The number of nitrogens with zero attached hydrogens (tertiary/aromatic N) is 3. The maximum atomic E-state index is 13.6. The van der Waals surface area contributed by atoms with E-state index in [2.05, 4.69) is 10.1 Å². The molecule has 0 aliphatic carbocycles. The predicted molar refractivity (Wildman–Crippen MR) is 67.9 cm³/mol. The molecule has 0 saturated heterocycles. The molecule has 4 nitrogen and oxygen atoms in total. The van der Waals surface area contributed by atoms with Gasteiger partial charge in [-0.3, -0.25) is 4.68 Å². The van der Waals surface area contributed by atoms with Crippen molar-refractivity contribution >= 4 is 0 Å². The Bertz CT molecular complexity index is 728. The maximum Gasteiger partial charge on any atom is 0.232 e. The molecule has 0 atom stereocenters. The maximum absolute atomic E-state index is 13.6. The molecular formula is C14H11F2N3O. The number of aromatic nitrogens is 3. The first-order chi connectivity index (χ1) is 9.63. The number of benzene rings is 1. The van der Waals surface area contributed by atoms with E-state index >= 15 is 0 Å². The first kappa shape index (κ1) is 12.5. The molecule has 102 valence electrons. The third-order valence-corrected chi connectivity index (χ3v) is 2.83. The molecule has 0 amide bonds. The third kappa shape index (κ3) is 2.32. The van der Waals surface area contributed by atoms with Crippen LogP contribution in [-0.4, -0.2) is 14.8 Å². The van der Waals surface area contributed by atoms with E-state index in [9.17, 15) is 8.78 Å². The lowest BCUT2D eigenvalue weighted by Crippen LogP contribution is -2.01. The molecule has 1 aromatic carbocycles. The Hall–Kier alpha value is -2.50. The molecular weight excluding hydrogens is 264 g/mol. The summed E-state index contributed by atoms with van der Waals surface area (Å²) < 4.78 is 34.1. The Balaban J connectivity index is 1.90. The van der Waals surface area contributed by atoms with Crippen LogP contribution in [-0.2, 0) is 6.54 Å². The Morgan fingerprint density at radius 2 is 1.95 bits per heavy atom. The van der Waals surface area contributed by atoms with Gasteiger partial charge in [0.1, 0.15) is 29.2 Å². The van der Waals surface area contributed by atoms with Gasteiger partial charge in [-0.25, -0.2) is 13.8 Å².